The van der Waals surface area contributed by atoms with Gasteiger partial charge in [-0.25, -0.2) is 8.42 Å². The number of sulfone groups is 1. The zero-order chi connectivity index (χ0) is 19.9. The van der Waals surface area contributed by atoms with E-state index in [1.54, 1.807) is 24.4 Å². The number of carbonyl (C=O) groups is 1. The van der Waals surface area contributed by atoms with Gasteiger partial charge in [0.1, 0.15) is 4.21 Å². The fourth-order valence-electron chi connectivity index (χ4n) is 4.18. The van der Waals surface area contributed by atoms with Crippen molar-refractivity contribution in [3.8, 4) is 0 Å². The smallest absolute Gasteiger partial charge is 0.231 e. The van der Waals surface area contributed by atoms with Crippen molar-refractivity contribution in [2.24, 2.45) is 0 Å². The summed E-state index contributed by atoms with van der Waals surface area (Å²) in [5.41, 5.74) is 0.726. The van der Waals surface area contributed by atoms with Crippen LogP contribution in [0.1, 0.15) is 43.4 Å². The molecule has 2 aliphatic rings. The molecule has 1 N–H and O–H groups in total. The van der Waals surface area contributed by atoms with Gasteiger partial charge in [-0.05, 0) is 49.3 Å². The van der Waals surface area contributed by atoms with Crippen molar-refractivity contribution >= 4 is 38.7 Å². The fourth-order valence-corrected chi connectivity index (χ4v) is 7.73. The van der Waals surface area contributed by atoms with Gasteiger partial charge in [0.15, 0.2) is 9.84 Å². The third-order valence-corrected chi connectivity index (χ3v) is 9.91. The van der Waals surface area contributed by atoms with Crippen LogP contribution in [-0.4, -0.2) is 32.8 Å². The van der Waals surface area contributed by atoms with Gasteiger partial charge in [0.05, 0.1) is 16.7 Å². The maximum atomic E-state index is 13.6. The zero-order valence-corrected chi connectivity index (χ0v) is 17.9. The Bertz CT molecular complexity index is 995. The van der Waals surface area contributed by atoms with E-state index in [1.165, 1.54) is 11.3 Å². The Morgan fingerprint density at radius 3 is 2.68 bits per heavy atom. The Balaban J connectivity index is 1.69. The van der Waals surface area contributed by atoms with Crippen LogP contribution < -0.4 is 5.32 Å². The number of ether oxygens (including phenoxy) is 1. The molecule has 3 heterocycles. The van der Waals surface area contributed by atoms with Crippen molar-refractivity contribution in [2.45, 2.75) is 47.1 Å². The number of hydrogen-bond acceptors (Lipinski definition) is 5. The average molecular weight is 440 g/mol. The first-order valence-corrected chi connectivity index (χ1v) is 12.1. The van der Waals surface area contributed by atoms with Crippen molar-refractivity contribution in [3.05, 3.63) is 51.9 Å². The minimum Gasteiger partial charge on any atom is -0.381 e. The summed E-state index contributed by atoms with van der Waals surface area (Å²) >= 11 is 7.68. The molecule has 150 valence electrons. The number of rotatable bonds is 3. The number of carbonyl (C=O) groups excluding carboxylic acids is 1. The summed E-state index contributed by atoms with van der Waals surface area (Å²) < 4.78 is 31.1. The Hall–Kier alpha value is -1.41. The van der Waals surface area contributed by atoms with E-state index in [0.29, 0.717) is 47.3 Å². The molecule has 1 aromatic carbocycles. The SMILES string of the molecule is C[C@H]1C[C@H](NC(=O)C2(c3ccccc3Cl)CCOCC2)c2ccsc2S1(=O)=O. The molecule has 28 heavy (non-hydrogen) atoms. The van der Waals surface area contributed by atoms with Crippen LogP contribution >= 0.6 is 22.9 Å². The van der Waals surface area contributed by atoms with Crippen molar-refractivity contribution in [3.63, 3.8) is 0 Å². The first-order valence-electron chi connectivity index (χ1n) is 9.31. The van der Waals surface area contributed by atoms with E-state index in [-0.39, 0.29) is 11.9 Å². The summed E-state index contributed by atoms with van der Waals surface area (Å²) in [6, 6.07) is 8.92. The summed E-state index contributed by atoms with van der Waals surface area (Å²) in [6.07, 6.45) is 1.45. The van der Waals surface area contributed by atoms with Crippen LogP contribution in [0.4, 0.5) is 0 Å². The summed E-state index contributed by atoms with van der Waals surface area (Å²) in [5, 5.41) is 4.96. The number of halogens is 1. The van der Waals surface area contributed by atoms with E-state index in [1.807, 2.05) is 18.2 Å². The lowest BCUT2D eigenvalue weighted by atomic mass is 9.73. The van der Waals surface area contributed by atoms with Crippen LogP contribution in [-0.2, 0) is 24.8 Å². The Morgan fingerprint density at radius 1 is 1.25 bits per heavy atom. The van der Waals surface area contributed by atoms with Gasteiger partial charge < -0.3 is 10.1 Å². The summed E-state index contributed by atoms with van der Waals surface area (Å²) in [5.74, 6) is -0.113. The number of hydrogen-bond donors (Lipinski definition) is 1. The lowest BCUT2D eigenvalue weighted by molar-refractivity contribution is -0.131. The van der Waals surface area contributed by atoms with E-state index < -0.39 is 20.5 Å². The first kappa shape index (κ1) is 19.9. The highest BCUT2D eigenvalue weighted by Crippen LogP contribution is 2.42. The Labute approximate surface area is 174 Å². The summed E-state index contributed by atoms with van der Waals surface area (Å²) in [6.45, 7) is 2.67. The lowest BCUT2D eigenvalue weighted by Gasteiger charge is -2.39. The highest BCUT2D eigenvalue weighted by molar-refractivity contribution is 7.94. The van der Waals surface area contributed by atoms with E-state index in [4.69, 9.17) is 16.3 Å². The predicted molar refractivity (Wildman–Crippen MR) is 110 cm³/mol. The molecule has 8 heteroatoms. The van der Waals surface area contributed by atoms with Crippen LogP contribution in [0.15, 0.2) is 39.9 Å². The molecule has 1 fully saturated rings. The van der Waals surface area contributed by atoms with E-state index >= 15 is 0 Å². The quantitative estimate of drug-likeness (QED) is 0.787. The lowest BCUT2D eigenvalue weighted by Crippen LogP contribution is -2.50. The first-order chi connectivity index (χ1) is 13.4. The molecular formula is C20H22ClNO4S2. The van der Waals surface area contributed by atoms with Gasteiger partial charge in [-0.3, -0.25) is 4.79 Å². The molecule has 1 aromatic heterocycles. The molecule has 5 nitrogen and oxygen atoms in total. The maximum absolute atomic E-state index is 13.6. The molecule has 1 saturated heterocycles. The van der Waals surface area contributed by atoms with E-state index in [0.717, 1.165) is 5.56 Å². The fraction of sp³-hybridized carbons (Fsp3) is 0.450. The van der Waals surface area contributed by atoms with Crippen LogP contribution in [0.3, 0.4) is 0 Å². The topological polar surface area (TPSA) is 72.5 Å². The van der Waals surface area contributed by atoms with Gasteiger partial charge in [-0.2, -0.15) is 0 Å². The molecular weight excluding hydrogens is 418 g/mol. The summed E-state index contributed by atoms with van der Waals surface area (Å²) in [4.78, 5) is 13.6. The molecule has 0 spiro atoms. The van der Waals surface area contributed by atoms with Crippen molar-refractivity contribution < 1.29 is 17.9 Å². The third-order valence-electron chi connectivity index (χ3n) is 5.87. The monoisotopic (exact) mass is 439 g/mol. The van der Waals surface area contributed by atoms with Crippen LogP contribution in [0.5, 0.6) is 0 Å². The van der Waals surface area contributed by atoms with Crippen LogP contribution in [0, 0.1) is 0 Å². The standard InChI is InChI=1S/C20H22ClNO4S2/c1-13-12-17(14-6-11-27-18(14)28(13,24)25)22-19(23)20(7-9-26-10-8-20)15-4-2-3-5-16(15)21/h2-6,11,13,17H,7-10,12H2,1H3,(H,22,23)/t13-,17-/m0/s1. The number of fused-ring (bicyclic) bond motifs is 1. The number of thiophene rings is 1. The van der Waals surface area contributed by atoms with E-state index in [9.17, 15) is 13.2 Å². The molecule has 1 amide bonds. The van der Waals surface area contributed by atoms with Crippen LogP contribution in [0.2, 0.25) is 5.02 Å². The normalized spacial score (nSPS) is 25.6. The molecule has 2 atom stereocenters. The van der Waals surface area contributed by atoms with Gasteiger partial charge in [0.2, 0.25) is 5.91 Å². The van der Waals surface area contributed by atoms with Gasteiger partial charge in [0.25, 0.3) is 0 Å². The van der Waals surface area contributed by atoms with Gasteiger partial charge in [-0.1, -0.05) is 29.8 Å². The molecule has 0 unspecified atom stereocenters. The molecule has 0 radical (unpaired) electrons. The largest absolute Gasteiger partial charge is 0.381 e. The Morgan fingerprint density at radius 2 is 1.96 bits per heavy atom. The molecule has 0 saturated carbocycles. The summed E-state index contributed by atoms with van der Waals surface area (Å²) in [7, 11) is -3.32. The maximum Gasteiger partial charge on any atom is 0.231 e. The molecule has 0 bridgehead atoms. The highest BCUT2D eigenvalue weighted by Gasteiger charge is 2.45. The third kappa shape index (κ3) is 3.18. The van der Waals surface area contributed by atoms with Crippen LogP contribution in [0.25, 0.3) is 0 Å². The average Bonchev–Trinajstić information content (AvgIpc) is 3.18. The molecule has 2 aromatic rings. The van der Waals surface area contributed by atoms with Crippen molar-refractivity contribution in [1.82, 2.24) is 5.32 Å². The minimum atomic E-state index is -3.32. The van der Waals surface area contributed by atoms with Crippen molar-refractivity contribution in [2.75, 3.05) is 13.2 Å². The second kappa shape index (κ2) is 7.44. The van der Waals surface area contributed by atoms with Crippen molar-refractivity contribution in [1.29, 1.82) is 0 Å². The second-order valence-electron chi connectivity index (χ2n) is 7.46. The van der Waals surface area contributed by atoms with Gasteiger partial charge >= 0.3 is 0 Å². The molecule has 0 aliphatic carbocycles. The Kier molecular flexibility index (Phi) is 5.29. The predicted octanol–water partition coefficient (Wildman–Crippen LogP) is 3.87. The number of nitrogens with one attached hydrogen (secondary N) is 1. The zero-order valence-electron chi connectivity index (χ0n) is 15.5. The second-order valence-corrected chi connectivity index (χ2v) is 11.3. The molecule has 4 rings (SSSR count). The van der Waals surface area contributed by atoms with E-state index in [2.05, 4.69) is 5.32 Å². The highest BCUT2D eigenvalue weighted by atomic mass is 35.5. The molecule has 2 aliphatic heterocycles. The number of benzene rings is 1. The van der Waals surface area contributed by atoms with Gasteiger partial charge in [0, 0.05) is 23.8 Å². The number of amides is 1. The minimum absolute atomic E-state index is 0.113. The van der Waals surface area contributed by atoms with Gasteiger partial charge in [-0.15, -0.1) is 11.3 Å².